The average molecular weight is 229 g/mol. The molecular formula is C10H19N3OS. The van der Waals surface area contributed by atoms with Crippen molar-refractivity contribution >= 4 is 11.3 Å². The molecule has 15 heavy (non-hydrogen) atoms. The molecule has 1 N–H and O–H groups in total. The molecule has 0 aliphatic heterocycles. The van der Waals surface area contributed by atoms with E-state index >= 15 is 0 Å². The molecule has 0 radical (unpaired) electrons. The smallest absolute Gasteiger partial charge is 0.119 e. The number of hydrogen-bond acceptors (Lipinski definition) is 5. The molecule has 0 unspecified atom stereocenters. The summed E-state index contributed by atoms with van der Waals surface area (Å²) in [6.45, 7) is 6.87. The maximum Gasteiger partial charge on any atom is 0.119 e. The number of methoxy groups -OCH3 is 1. The van der Waals surface area contributed by atoms with Crippen molar-refractivity contribution < 1.29 is 4.74 Å². The lowest BCUT2D eigenvalue weighted by atomic mass is 10.2. The van der Waals surface area contributed by atoms with Crippen molar-refractivity contribution in [1.82, 2.24) is 15.5 Å². The van der Waals surface area contributed by atoms with Gasteiger partial charge in [0.2, 0.25) is 0 Å². The summed E-state index contributed by atoms with van der Waals surface area (Å²) < 4.78 is 4.94. The van der Waals surface area contributed by atoms with Gasteiger partial charge in [0, 0.05) is 32.5 Å². The van der Waals surface area contributed by atoms with Gasteiger partial charge >= 0.3 is 0 Å². The summed E-state index contributed by atoms with van der Waals surface area (Å²) in [5.41, 5.74) is 0. The molecule has 0 bridgehead atoms. The molecule has 0 spiro atoms. The van der Waals surface area contributed by atoms with E-state index < -0.39 is 0 Å². The van der Waals surface area contributed by atoms with E-state index in [1.54, 1.807) is 18.4 Å². The van der Waals surface area contributed by atoms with Crippen molar-refractivity contribution in [2.24, 2.45) is 0 Å². The first-order valence-corrected chi connectivity index (χ1v) is 6.07. The predicted octanol–water partition coefficient (Wildman–Crippen LogP) is 1.44. The molecule has 1 aromatic heterocycles. The molecule has 0 amide bonds. The Labute approximate surface area is 95.1 Å². The van der Waals surface area contributed by atoms with Crippen LogP contribution >= 0.6 is 11.3 Å². The second-order valence-electron chi connectivity index (χ2n) is 3.68. The molecule has 4 nitrogen and oxygen atoms in total. The normalized spacial score (nSPS) is 11.2. The molecule has 0 saturated carbocycles. The minimum absolute atomic E-state index is 0.484. The molecule has 0 aliphatic rings. The van der Waals surface area contributed by atoms with Crippen molar-refractivity contribution in [3.63, 3.8) is 0 Å². The minimum atomic E-state index is 0.484. The molecule has 1 aromatic rings. The number of rotatable bonds is 7. The summed E-state index contributed by atoms with van der Waals surface area (Å²) in [4.78, 5) is 0. The van der Waals surface area contributed by atoms with Gasteiger partial charge in [-0.15, -0.1) is 21.5 Å². The van der Waals surface area contributed by atoms with Crippen LogP contribution in [0.25, 0.3) is 0 Å². The first-order chi connectivity index (χ1) is 7.24. The van der Waals surface area contributed by atoms with E-state index in [0.717, 1.165) is 36.1 Å². The maximum absolute atomic E-state index is 4.94. The zero-order valence-corrected chi connectivity index (χ0v) is 10.4. The summed E-state index contributed by atoms with van der Waals surface area (Å²) in [5, 5.41) is 13.8. The van der Waals surface area contributed by atoms with Gasteiger partial charge in [-0.05, 0) is 0 Å². The lowest BCUT2D eigenvalue weighted by Gasteiger charge is -2.00. The highest BCUT2D eigenvalue weighted by molar-refractivity contribution is 7.11. The number of nitrogens with zero attached hydrogens (tertiary/aromatic N) is 2. The van der Waals surface area contributed by atoms with Gasteiger partial charge in [0.05, 0.1) is 6.61 Å². The highest BCUT2D eigenvalue weighted by atomic mass is 32.1. The van der Waals surface area contributed by atoms with E-state index in [0.29, 0.717) is 5.92 Å². The molecule has 0 fully saturated rings. The van der Waals surface area contributed by atoms with Crippen LogP contribution < -0.4 is 5.32 Å². The number of aromatic nitrogens is 2. The fourth-order valence-corrected chi connectivity index (χ4v) is 1.94. The van der Waals surface area contributed by atoms with E-state index in [1.165, 1.54) is 0 Å². The standard InChI is InChI=1S/C10H19N3OS/c1-8(2)10-13-12-9(15-10)4-5-11-6-7-14-3/h8,11H,4-7H2,1-3H3. The van der Waals surface area contributed by atoms with Crippen molar-refractivity contribution in [1.29, 1.82) is 0 Å². The average Bonchev–Trinajstić information content (AvgIpc) is 2.66. The number of hydrogen-bond donors (Lipinski definition) is 1. The van der Waals surface area contributed by atoms with Crippen LogP contribution in [0.3, 0.4) is 0 Å². The molecule has 0 atom stereocenters. The van der Waals surface area contributed by atoms with Gasteiger partial charge in [-0.2, -0.15) is 0 Å². The van der Waals surface area contributed by atoms with Crippen LogP contribution in [0, 0.1) is 0 Å². The van der Waals surface area contributed by atoms with E-state index in [1.807, 2.05) is 0 Å². The Balaban J connectivity index is 2.20. The lowest BCUT2D eigenvalue weighted by molar-refractivity contribution is 0.199. The molecule has 0 aliphatic carbocycles. The lowest BCUT2D eigenvalue weighted by Crippen LogP contribution is -2.21. The third-order valence-corrected chi connectivity index (χ3v) is 3.26. The van der Waals surface area contributed by atoms with Crippen LogP contribution in [0.5, 0.6) is 0 Å². The molecule has 1 rings (SSSR count). The monoisotopic (exact) mass is 229 g/mol. The summed E-state index contributed by atoms with van der Waals surface area (Å²) >= 11 is 1.71. The summed E-state index contributed by atoms with van der Waals surface area (Å²) in [6.07, 6.45) is 0.952. The number of ether oxygens (including phenoxy) is 1. The Morgan fingerprint density at radius 2 is 2.13 bits per heavy atom. The van der Waals surface area contributed by atoms with Gasteiger partial charge in [0.1, 0.15) is 10.0 Å². The quantitative estimate of drug-likeness (QED) is 0.719. The molecular weight excluding hydrogens is 210 g/mol. The predicted molar refractivity (Wildman–Crippen MR) is 62.4 cm³/mol. The van der Waals surface area contributed by atoms with Crippen LogP contribution in [0.15, 0.2) is 0 Å². The van der Waals surface area contributed by atoms with Gasteiger partial charge in [0.25, 0.3) is 0 Å². The van der Waals surface area contributed by atoms with Crippen LogP contribution in [0.1, 0.15) is 29.8 Å². The minimum Gasteiger partial charge on any atom is -0.383 e. The Morgan fingerprint density at radius 1 is 1.33 bits per heavy atom. The first kappa shape index (κ1) is 12.5. The highest BCUT2D eigenvalue weighted by Gasteiger charge is 2.06. The molecule has 86 valence electrons. The summed E-state index contributed by atoms with van der Waals surface area (Å²) in [5.74, 6) is 0.484. The van der Waals surface area contributed by atoms with Crippen LogP contribution in [-0.4, -0.2) is 37.0 Å². The van der Waals surface area contributed by atoms with Gasteiger partial charge in [-0.3, -0.25) is 0 Å². The second kappa shape index (κ2) is 6.87. The van der Waals surface area contributed by atoms with Crippen molar-refractivity contribution in [2.45, 2.75) is 26.2 Å². The second-order valence-corrected chi connectivity index (χ2v) is 4.78. The first-order valence-electron chi connectivity index (χ1n) is 5.26. The topological polar surface area (TPSA) is 47.0 Å². The van der Waals surface area contributed by atoms with Crippen LogP contribution in [0.2, 0.25) is 0 Å². The van der Waals surface area contributed by atoms with Gasteiger partial charge in [-0.25, -0.2) is 0 Å². The fourth-order valence-electron chi connectivity index (χ4n) is 1.10. The Kier molecular flexibility index (Phi) is 5.75. The Morgan fingerprint density at radius 3 is 2.73 bits per heavy atom. The zero-order valence-electron chi connectivity index (χ0n) is 9.62. The third-order valence-electron chi connectivity index (χ3n) is 1.97. The van der Waals surface area contributed by atoms with E-state index in [9.17, 15) is 0 Å². The van der Waals surface area contributed by atoms with Gasteiger partial charge < -0.3 is 10.1 Å². The highest BCUT2D eigenvalue weighted by Crippen LogP contribution is 2.18. The third kappa shape index (κ3) is 4.68. The van der Waals surface area contributed by atoms with E-state index in [4.69, 9.17) is 4.74 Å². The SMILES string of the molecule is COCCNCCc1nnc(C(C)C)s1. The summed E-state index contributed by atoms with van der Waals surface area (Å²) in [7, 11) is 1.71. The van der Waals surface area contributed by atoms with Crippen molar-refractivity contribution in [2.75, 3.05) is 26.8 Å². The molecule has 1 heterocycles. The largest absolute Gasteiger partial charge is 0.383 e. The van der Waals surface area contributed by atoms with Crippen LogP contribution in [-0.2, 0) is 11.2 Å². The molecule has 0 aromatic carbocycles. The van der Waals surface area contributed by atoms with Crippen molar-refractivity contribution in [3.05, 3.63) is 10.0 Å². The maximum atomic E-state index is 4.94. The van der Waals surface area contributed by atoms with Crippen molar-refractivity contribution in [3.8, 4) is 0 Å². The van der Waals surface area contributed by atoms with Gasteiger partial charge in [0.15, 0.2) is 0 Å². The van der Waals surface area contributed by atoms with Gasteiger partial charge in [-0.1, -0.05) is 13.8 Å². The Hall–Kier alpha value is -0.520. The van der Waals surface area contributed by atoms with E-state index in [-0.39, 0.29) is 0 Å². The molecule has 0 saturated heterocycles. The molecule has 5 heteroatoms. The summed E-state index contributed by atoms with van der Waals surface area (Å²) in [6, 6.07) is 0. The van der Waals surface area contributed by atoms with E-state index in [2.05, 4.69) is 29.4 Å². The van der Waals surface area contributed by atoms with Crippen LogP contribution in [0.4, 0.5) is 0 Å². The number of nitrogens with one attached hydrogen (secondary N) is 1. The zero-order chi connectivity index (χ0) is 11.1. The fraction of sp³-hybridized carbons (Fsp3) is 0.800. The Bertz CT molecular complexity index is 275.